The molecule has 2 aliphatic rings. The monoisotopic (exact) mass is 271 g/mol. The SMILES string of the molecule is CC1=CC(=O)OC12C(=O)CN(c1ccc(C)cc1)C2=O. The number of anilines is 1. The molecular weight excluding hydrogens is 258 g/mol. The third-order valence-corrected chi connectivity index (χ3v) is 3.73. The number of aryl methyl sites for hydroxylation is 1. The minimum Gasteiger partial charge on any atom is -0.433 e. The van der Waals surface area contributed by atoms with Gasteiger partial charge in [-0.1, -0.05) is 17.7 Å². The van der Waals surface area contributed by atoms with Crippen LogP contribution in [-0.4, -0.2) is 29.8 Å². The lowest BCUT2D eigenvalue weighted by Crippen LogP contribution is -2.45. The summed E-state index contributed by atoms with van der Waals surface area (Å²) >= 11 is 0. The molecule has 0 saturated carbocycles. The number of nitrogens with zero attached hydrogens (tertiary/aromatic N) is 1. The smallest absolute Gasteiger partial charge is 0.332 e. The molecule has 0 N–H and O–H groups in total. The molecule has 5 heteroatoms. The van der Waals surface area contributed by atoms with E-state index in [0.29, 0.717) is 11.3 Å². The number of rotatable bonds is 1. The Morgan fingerprint density at radius 2 is 1.75 bits per heavy atom. The van der Waals surface area contributed by atoms with E-state index < -0.39 is 23.3 Å². The minimum atomic E-state index is -1.73. The molecule has 20 heavy (non-hydrogen) atoms. The molecule has 1 aromatic carbocycles. The first-order valence-corrected chi connectivity index (χ1v) is 6.29. The molecular formula is C15H13NO4. The van der Waals surface area contributed by atoms with Gasteiger partial charge in [0, 0.05) is 11.8 Å². The Labute approximate surface area is 115 Å². The Bertz CT molecular complexity index is 659. The van der Waals surface area contributed by atoms with Crippen molar-refractivity contribution in [1.29, 1.82) is 0 Å². The minimum absolute atomic E-state index is 0.0830. The number of ether oxygens (including phenoxy) is 1. The van der Waals surface area contributed by atoms with E-state index in [9.17, 15) is 14.4 Å². The van der Waals surface area contributed by atoms with Gasteiger partial charge in [-0.3, -0.25) is 9.59 Å². The van der Waals surface area contributed by atoms with Crippen molar-refractivity contribution in [2.45, 2.75) is 19.4 Å². The Morgan fingerprint density at radius 3 is 2.30 bits per heavy atom. The zero-order chi connectivity index (χ0) is 14.5. The number of benzene rings is 1. The molecule has 1 spiro atoms. The highest BCUT2D eigenvalue weighted by Crippen LogP contribution is 2.37. The van der Waals surface area contributed by atoms with Gasteiger partial charge < -0.3 is 9.64 Å². The maximum Gasteiger partial charge on any atom is 0.332 e. The van der Waals surface area contributed by atoms with Crippen LogP contribution in [0.1, 0.15) is 12.5 Å². The summed E-state index contributed by atoms with van der Waals surface area (Å²) in [5.41, 5.74) is 0.306. The van der Waals surface area contributed by atoms with E-state index in [1.807, 2.05) is 19.1 Å². The average molecular weight is 271 g/mol. The van der Waals surface area contributed by atoms with E-state index in [1.165, 1.54) is 11.0 Å². The number of hydrogen-bond donors (Lipinski definition) is 0. The standard InChI is InChI=1S/C15H13NO4/c1-9-3-5-11(6-4-9)16-8-12(17)15(14(16)19)10(2)7-13(18)20-15/h3-7H,8H2,1-2H3. The molecule has 0 aliphatic carbocycles. The van der Waals surface area contributed by atoms with Crippen LogP contribution in [0, 0.1) is 6.92 Å². The maximum absolute atomic E-state index is 12.6. The van der Waals surface area contributed by atoms with Crippen molar-refractivity contribution >= 4 is 23.3 Å². The van der Waals surface area contributed by atoms with Crippen LogP contribution >= 0.6 is 0 Å². The van der Waals surface area contributed by atoms with Gasteiger partial charge in [0.1, 0.15) is 0 Å². The van der Waals surface area contributed by atoms with Crippen molar-refractivity contribution in [3.05, 3.63) is 41.5 Å². The van der Waals surface area contributed by atoms with E-state index >= 15 is 0 Å². The molecule has 0 radical (unpaired) electrons. The van der Waals surface area contributed by atoms with Crippen LogP contribution in [0.4, 0.5) is 5.69 Å². The molecule has 3 rings (SSSR count). The van der Waals surface area contributed by atoms with Crippen molar-refractivity contribution in [3.8, 4) is 0 Å². The maximum atomic E-state index is 12.6. The summed E-state index contributed by atoms with van der Waals surface area (Å²) in [4.78, 5) is 37.5. The topological polar surface area (TPSA) is 63.7 Å². The van der Waals surface area contributed by atoms with Crippen LogP contribution in [0.3, 0.4) is 0 Å². The van der Waals surface area contributed by atoms with E-state index in [2.05, 4.69) is 0 Å². The second kappa shape index (κ2) is 4.03. The molecule has 1 fully saturated rings. The van der Waals surface area contributed by atoms with Crippen LogP contribution in [-0.2, 0) is 19.1 Å². The van der Waals surface area contributed by atoms with Crippen molar-refractivity contribution in [2.24, 2.45) is 0 Å². The third-order valence-electron chi connectivity index (χ3n) is 3.73. The molecule has 5 nitrogen and oxygen atoms in total. The van der Waals surface area contributed by atoms with Gasteiger partial charge in [0.15, 0.2) is 0 Å². The van der Waals surface area contributed by atoms with Gasteiger partial charge in [0.05, 0.1) is 6.54 Å². The molecule has 1 atom stereocenters. The Kier molecular flexibility index (Phi) is 2.54. The highest BCUT2D eigenvalue weighted by atomic mass is 16.6. The predicted octanol–water partition coefficient (Wildman–Crippen LogP) is 1.15. The first-order valence-electron chi connectivity index (χ1n) is 6.29. The molecule has 2 aliphatic heterocycles. The average Bonchev–Trinajstić information content (AvgIpc) is 2.83. The molecule has 102 valence electrons. The molecule has 1 saturated heterocycles. The Morgan fingerprint density at radius 1 is 1.10 bits per heavy atom. The number of ketones is 1. The summed E-state index contributed by atoms with van der Waals surface area (Å²) in [6, 6.07) is 7.27. The molecule has 0 bridgehead atoms. The predicted molar refractivity (Wildman–Crippen MR) is 71.1 cm³/mol. The normalized spacial score (nSPS) is 25.4. The first kappa shape index (κ1) is 12.6. The quantitative estimate of drug-likeness (QED) is 0.568. The summed E-state index contributed by atoms with van der Waals surface area (Å²) in [5, 5.41) is 0. The van der Waals surface area contributed by atoms with Gasteiger partial charge in [-0.05, 0) is 31.6 Å². The highest BCUT2D eigenvalue weighted by molar-refractivity contribution is 6.28. The summed E-state index contributed by atoms with van der Waals surface area (Å²) in [6.45, 7) is 3.42. The number of carbonyl (C=O) groups is 3. The van der Waals surface area contributed by atoms with Crippen LogP contribution in [0.5, 0.6) is 0 Å². The van der Waals surface area contributed by atoms with Gasteiger partial charge >= 0.3 is 5.97 Å². The number of Topliss-reactive ketones (excluding diaryl/α,β-unsaturated/α-hetero) is 1. The molecule has 1 aromatic rings. The van der Waals surface area contributed by atoms with Gasteiger partial charge in [-0.15, -0.1) is 0 Å². The zero-order valence-electron chi connectivity index (χ0n) is 11.2. The molecule has 1 unspecified atom stereocenters. The lowest BCUT2D eigenvalue weighted by Gasteiger charge is -2.22. The van der Waals surface area contributed by atoms with Gasteiger partial charge in [0.2, 0.25) is 5.78 Å². The van der Waals surface area contributed by atoms with Crippen LogP contribution in [0.2, 0.25) is 0 Å². The van der Waals surface area contributed by atoms with Crippen LogP contribution in [0.15, 0.2) is 35.9 Å². The second-order valence-corrected chi connectivity index (χ2v) is 5.08. The third kappa shape index (κ3) is 1.52. The molecule has 2 heterocycles. The fourth-order valence-electron chi connectivity index (χ4n) is 2.60. The lowest BCUT2D eigenvalue weighted by atomic mass is 9.93. The first-order chi connectivity index (χ1) is 9.45. The molecule has 0 aromatic heterocycles. The second-order valence-electron chi connectivity index (χ2n) is 5.08. The Balaban J connectivity index is 2.02. The number of amides is 1. The highest BCUT2D eigenvalue weighted by Gasteiger charge is 2.61. The van der Waals surface area contributed by atoms with E-state index in [-0.39, 0.29) is 6.54 Å². The van der Waals surface area contributed by atoms with Crippen LogP contribution in [0.25, 0.3) is 0 Å². The Hall–Kier alpha value is -2.43. The molecule has 1 amide bonds. The fraction of sp³-hybridized carbons (Fsp3) is 0.267. The van der Waals surface area contributed by atoms with Crippen molar-refractivity contribution in [3.63, 3.8) is 0 Å². The summed E-state index contributed by atoms with van der Waals surface area (Å²) in [6.07, 6.45) is 1.20. The van der Waals surface area contributed by atoms with E-state index in [0.717, 1.165) is 5.56 Å². The zero-order valence-corrected chi connectivity index (χ0v) is 11.2. The lowest BCUT2D eigenvalue weighted by molar-refractivity contribution is -0.158. The van der Waals surface area contributed by atoms with E-state index in [4.69, 9.17) is 4.74 Å². The van der Waals surface area contributed by atoms with Crippen LogP contribution < -0.4 is 4.90 Å². The largest absolute Gasteiger partial charge is 0.433 e. The summed E-state index contributed by atoms with van der Waals surface area (Å²) in [7, 11) is 0. The van der Waals surface area contributed by atoms with Crippen molar-refractivity contribution in [2.75, 3.05) is 11.4 Å². The van der Waals surface area contributed by atoms with Crippen molar-refractivity contribution < 1.29 is 19.1 Å². The van der Waals surface area contributed by atoms with Gasteiger partial charge in [0.25, 0.3) is 11.5 Å². The number of hydrogen-bond acceptors (Lipinski definition) is 4. The van der Waals surface area contributed by atoms with Gasteiger partial charge in [-0.2, -0.15) is 0 Å². The number of esters is 1. The fourth-order valence-corrected chi connectivity index (χ4v) is 2.60. The number of carbonyl (C=O) groups excluding carboxylic acids is 3. The summed E-state index contributed by atoms with van der Waals surface area (Å²) < 4.78 is 5.05. The van der Waals surface area contributed by atoms with E-state index in [1.54, 1.807) is 19.1 Å². The van der Waals surface area contributed by atoms with Crippen molar-refractivity contribution in [1.82, 2.24) is 0 Å². The van der Waals surface area contributed by atoms with Gasteiger partial charge in [-0.25, -0.2) is 4.79 Å². The summed E-state index contributed by atoms with van der Waals surface area (Å²) in [5.74, 6) is -1.54.